The molecule has 0 saturated carbocycles. The van der Waals surface area contributed by atoms with Crippen LogP contribution in [-0.4, -0.2) is 27.9 Å². The molecular formula is C13H15N5. The molecule has 2 rings (SSSR count). The fraction of sp³-hybridized carbons (Fsp3) is 0.154. The number of nitrogens with one attached hydrogen (secondary N) is 1. The van der Waals surface area contributed by atoms with Crippen LogP contribution in [0.5, 0.6) is 0 Å². The molecule has 0 aromatic carbocycles. The van der Waals surface area contributed by atoms with E-state index >= 15 is 0 Å². The summed E-state index contributed by atoms with van der Waals surface area (Å²) in [5, 5.41) is 7.52. The SMILES string of the molecule is C=C/C=C(/CNc1ccnc2c(C)cnn12)N=C. The van der Waals surface area contributed by atoms with Gasteiger partial charge in [0.25, 0.3) is 0 Å². The highest BCUT2D eigenvalue weighted by Crippen LogP contribution is 2.12. The minimum absolute atomic E-state index is 0.563. The van der Waals surface area contributed by atoms with Crippen molar-refractivity contribution in [3.05, 3.63) is 48.5 Å². The van der Waals surface area contributed by atoms with E-state index in [1.54, 1.807) is 23.0 Å². The maximum Gasteiger partial charge on any atom is 0.160 e. The smallest absolute Gasteiger partial charge is 0.160 e. The maximum absolute atomic E-state index is 4.28. The number of allylic oxidation sites excluding steroid dienone is 2. The van der Waals surface area contributed by atoms with Gasteiger partial charge in [0.15, 0.2) is 5.65 Å². The van der Waals surface area contributed by atoms with E-state index in [2.05, 4.69) is 33.7 Å². The molecule has 18 heavy (non-hydrogen) atoms. The predicted octanol–water partition coefficient (Wildman–Crippen LogP) is 2.22. The Morgan fingerprint density at radius 3 is 3.17 bits per heavy atom. The number of aryl methyl sites for hydroxylation is 1. The molecule has 0 bridgehead atoms. The molecule has 0 aliphatic carbocycles. The molecular weight excluding hydrogens is 226 g/mol. The van der Waals surface area contributed by atoms with Crippen LogP contribution in [0.2, 0.25) is 0 Å². The lowest BCUT2D eigenvalue weighted by atomic mass is 10.3. The van der Waals surface area contributed by atoms with Crippen molar-refractivity contribution in [1.29, 1.82) is 0 Å². The monoisotopic (exact) mass is 241 g/mol. The standard InChI is InChI=1S/C13H15N5/c1-4-5-11(14-3)9-16-12-6-7-15-13-10(2)8-17-18(12)13/h4-8,16H,1,3,9H2,2H3/b11-5-. The third kappa shape index (κ3) is 2.29. The number of fused-ring (bicyclic) bond motifs is 1. The van der Waals surface area contributed by atoms with Crippen molar-refractivity contribution >= 4 is 18.2 Å². The number of anilines is 1. The topological polar surface area (TPSA) is 54.6 Å². The Hall–Kier alpha value is -2.43. The molecule has 2 heterocycles. The van der Waals surface area contributed by atoms with Crippen LogP contribution in [0.1, 0.15) is 5.56 Å². The fourth-order valence-electron chi connectivity index (χ4n) is 1.62. The molecule has 0 unspecified atom stereocenters. The molecule has 92 valence electrons. The van der Waals surface area contributed by atoms with Gasteiger partial charge in [0.05, 0.1) is 18.4 Å². The van der Waals surface area contributed by atoms with Crippen LogP contribution in [0.25, 0.3) is 5.65 Å². The summed E-state index contributed by atoms with van der Waals surface area (Å²) in [6.07, 6.45) is 7.04. The zero-order valence-electron chi connectivity index (χ0n) is 10.3. The molecule has 2 aromatic heterocycles. The first-order valence-electron chi connectivity index (χ1n) is 5.58. The molecule has 1 N–H and O–H groups in total. The van der Waals surface area contributed by atoms with Crippen molar-refractivity contribution in [3.8, 4) is 0 Å². The maximum atomic E-state index is 4.28. The quantitative estimate of drug-likeness (QED) is 0.645. The van der Waals surface area contributed by atoms with Crippen LogP contribution in [0, 0.1) is 6.92 Å². The van der Waals surface area contributed by atoms with E-state index < -0.39 is 0 Å². The summed E-state index contributed by atoms with van der Waals surface area (Å²) >= 11 is 0. The lowest BCUT2D eigenvalue weighted by Gasteiger charge is -2.07. The molecule has 5 heteroatoms. The zero-order chi connectivity index (χ0) is 13.0. The van der Waals surface area contributed by atoms with E-state index in [4.69, 9.17) is 0 Å². The highest BCUT2D eigenvalue weighted by molar-refractivity contribution is 5.52. The molecule has 2 aromatic rings. The molecule has 0 spiro atoms. The van der Waals surface area contributed by atoms with Gasteiger partial charge in [-0.05, 0) is 25.8 Å². The second-order valence-corrected chi connectivity index (χ2v) is 3.80. The van der Waals surface area contributed by atoms with Crippen LogP contribution in [-0.2, 0) is 0 Å². The van der Waals surface area contributed by atoms with Crippen LogP contribution in [0.15, 0.2) is 47.9 Å². The summed E-state index contributed by atoms with van der Waals surface area (Å²) in [6, 6.07) is 1.87. The highest BCUT2D eigenvalue weighted by Gasteiger charge is 2.04. The van der Waals surface area contributed by atoms with Crippen molar-refractivity contribution in [2.75, 3.05) is 11.9 Å². The first kappa shape index (κ1) is 12.0. The summed E-state index contributed by atoms with van der Waals surface area (Å²) in [5.74, 6) is 0.867. The van der Waals surface area contributed by atoms with E-state index in [0.717, 1.165) is 22.7 Å². The van der Waals surface area contributed by atoms with Gasteiger partial charge in [0.1, 0.15) is 5.82 Å². The van der Waals surface area contributed by atoms with Crippen molar-refractivity contribution in [1.82, 2.24) is 14.6 Å². The Morgan fingerprint density at radius 1 is 1.61 bits per heavy atom. The minimum atomic E-state index is 0.563. The molecule has 0 atom stereocenters. The fourth-order valence-corrected chi connectivity index (χ4v) is 1.62. The van der Waals surface area contributed by atoms with Gasteiger partial charge in [-0.25, -0.2) is 4.98 Å². The van der Waals surface area contributed by atoms with Gasteiger partial charge >= 0.3 is 0 Å². The highest BCUT2D eigenvalue weighted by atomic mass is 15.3. The van der Waals surface area contributed by atoms with Gasteiger partial charge in [-0.2, -0.15) is 9.61 Å². The lowest BCUT2D eigenvalue weighted by Crippen LogP contribution is -2.08. The van der Waals surface area contributed by atoms with Crippen molar-refractivity contribution in [2.45, 2.75) is 6.92 Å². The average molecular weight is 241 g/mol. The Labute approximate surface area is 106 Å². The van der Waals surface area contributed by atoms with E-state index in [9.17, 15) is 0 Å². The van der Waals surface area contributed by atoms with Crippen LogP contribution in [0.3, 0.4) is 0 Å². The number of aromatic nitrogens is 3. The average Bonchev–Trinajstić information content (AvgIpc) is 2.77. The summed E-state index contributed by atoms with van der Waals surface area (Å²) in [4.78, 5) is 8.19. The molecule has 0 fully saturated rings. The Kier molecular flexibility index (Phi) is 3.52. The van der Waals surface area contributed by atoms with Gasteiger partial charge in [-0.1, -0.05) is 12.7 Å². The van der Waals surface area contributed by atoms with Gasteiger partial charge < -0.3 is 5.32 Å². The first-order valence-corrected chi connectivity index (χ1v) is 5.58. The van der Waals surface area contributed by atoms with Crippen LogP contribution < -0.4 is 5.32 Å². The number of nitrogens with zero attached hydrogens (tertiary/aromatic N) is 4. The lowest BCUT2D eigenvalue weighted by molar-refractivity contribution is 0.932. The van der Waals surface area contributed by atoms with Crippen LogP contribution in [0.4, 0.5) is 5.82 Å². The summed E-state index contributed by atoms with van der Waals surface area (Å²) in [5.41, 5.74) is 2.71. The molecule has 0 saturated heterocycles. The van der Waals surface area contributed by atoms with E-state index in [1.165, 1.54) is 0 Å². The normalized spacial score (nSPS) is 11.5. The summed E-state index contributed by atoms with van der Waals surface area (Å²) < 4.78 is 1.77. The van der Waals surface area contributed by atoms with E-state index in [-0.39, 0.29) is 0 Å². The van der Waals surface area contributed by atoms with Gasteiger partial charge in [-0.15, -0.1) is 0 Å². The Morgan fingerprint density at radius 2 is 2.44 bits per heavy atom. The van der Waals surface area contributed by atoms with Gasteiger partial charge in [0.2, 0.25) is 0 Å². The third-order valence-corrected chi connectivity index (χ3v) is 2.54. The largest absolute Gasteiger partial charge is 0.364 e. The molecule has 0 aliphatic heterocycles. The van der Waals surface area contributed by atoms with Gasteiger partial charge in [-0.3, -0.25) is 4.99 Å². The molecule has 0 aliphatic rings. The van der Waals surface area contributed by atoms with Crippen molar-refractivity contribution in [2.24, 2.45) is 4.99 Å². The second kappa shape index (κ2) is 5.27. The predicted molar refractivity (Wildman–Crippen MR) is 74.0 cm³/mol. The number of rotatable bonds is 5. The first-order chi connectivity index (χ1) is 8.76. The summed E-state index contributed by atoms with van der Waals surface area (Å²) in [7, 11) is 0. The Bertz CT molecular complexity index is 609. The number of aliphatic imine (C=N–C) groups is 1. The van der Waals surface area contributed by atoms with E-state index in [0.29, 0.717) is 6.54 Å². The second-order valence-electron chi connectivity index (χ2n) is 3.80. The number of hydrogen-bond acceptors (Lipinski definition) is 4. The van der Waals surface area contributed by atoms with E-state index in [1.807, 2.05) is 19.1 Å². The number of hydrogen-bond donors (Lipinski definition) is 1. The third-order valence-electron chi connectivity index (χ3n) is 2.54. The van der Waals surface area contributed by atoms with Crippen molar-refractivity contribution < 1.29 is 0 Å². The van der Waals surface area contributed by atoms with Gasteiger partial charge in [0, 0.05) is 11.8 Å². The van der Waals surface area contributed by atoms with Crippen molar-refractivity contribution in [3.63, 3.8) is 0 Å². The Balaban J connectivity index is 2.24. The minimum Gasteiger partial charge on any atom is -0.364 e. The summed E-state index contributed by atoms with van der Waals surface area (Å²) in [6.45, 7) is 9.70. The molecule has 0 radical (unpaired) electrons. The zero-order valence-corrected chi connectivity index (χ0v) is 10.3. The molecule has 5 nitrogen and oxygen atoms in total. The molecule has 0 amide bonds. The van der Waals surface area contributed by atoms with Crippen LogP contribution >= 0.6 is 0 Å².